The first-order chi connectivity index (χ1) is 21.2. The van der Waals surface area contributed by atoms with E-state index in [1.54, 1.807) is 19.2 Å². The van der Waals surface area contributed by atoms with Gasteiger partial charge in [-0.25, -0.2) is 9.97 Å². The zero-order valence-corrected chi connectivity index (χ0v) is 26.5. The van der Waals surface area contributed by atoms with E-state index in [4.69, 9.17) is 38.7 Å². The van der Waals surface area contributed by atoms with Crippen LogP contribution in [0.3, 0.4) is 0 Å². The number of piperazine rings is 1. The number of carbonyl (C=O) groups is 2. The maximum Gasteiger partial charge on any atom is 0.220 e. The van der Waals surface area contributed by atoms with Crippen LogP contribution in [0.15, 0.2) is 48.7 Å². The van der Waals surface area contributed by atoms with Gasteiger partial charge in [0.15, 0.2) is 0 Å². The fourth-order valence-corrected chi connectivity index (χ4v) is 6.18. The quantitative estimate of drug-likeness (QED) is 0.313. The number of halogens is 2. The van der Waals surface area contributed by atoms with Crippen molar-refractivity contribution >= 4 is 40.8 Å². The van der Waals surface area contributed by atoms with Gasteiger partial charge in [0.05, 0.1) is 11.9 Å². The number of aromatic nitrogens is 2. The van der Waals surface area contributed by atoms with Crippen LogP contribution in [0.25, 0.3) is 11.3 Å². The van der Waals surface area contributed by atoms with Crippen molar-refractivity contribution in [1.82, 2.24) is 25.1 Å². The lowest BCUT2D eigenvalue weighted by molar-refractivity contribution is -0.119. The van der Waals surface area contributed by atoms with Crippen molar-refractivity contribution in [3.8, 4) is 22.9 Å². The third-order valence-corrected chi connectivity index (χ3v) is 8.52. The highest BCUT2D eigenvalue weighted by Gasteiger charge is 2.21. The first-order valence-corrected chi connectivity index (χ1v) is 15.8. The summed E-state index contributed by atoms with van der Waals surface area (Å²) in [5.74, 6) is 2.18. The molecule has 4 heterocycles. The molecule has 2 aromatic heterocycles. The Labute approximate surface area is 268 Å². The number of nitrogens with zero attached hydrogens (tertiary/aromatic N) is 5. The fourth-order valence-electron chi connectivity index (χ4n) is 5.66. The van der Waals surface area contributed by atoms with Gasteiger partial charge in [0, 0.05) is 80.8 Å². The standard InChI is InChI=1S/C32H39Cl2N7O3/c1-22(42)36-19-23-4-7-40(8-5-23)21-24-14-29(25-16-26(33)18-27(34)17-25)38-32(15-24)44-28-2-3-31(37-20-28)41-12-10-39(11-13-41)9-6-30(35)43/h2-3,14-18,20,23H,4-13,19,21H2,1H3,(H2,35,43)(H,36,42). The maximum absolute atomic E-state index is 11.3. The van der Waals surface area contributed by atoms with Crippen LogP contribution >= 0.6 is 23.2 Å². The number of piperidine rings is 1. The summed E-state index contributed by atoms with van der Waals surface area (Å²) < 4.78 is 6.25. The Balaban J connectivity index is 1.27. The molecule has 0 atom stereocenters. The summed E-state index contributed by atoms with van der Waals surface area (Å²) >= 11 is 12.7. The summed E-state index contributed by atoms with van der Waals surface area (Å²) in [4.78, 5) is 38.8. The summed E-state index contributed by atoms with van der Waals surface area (Å²) in [6.07, 6.45) is 4.17. The molecule has 2 aliphatic heterocycles. The number of pyridine rings is 2. The predicted molar refractivity (Wildman–Crippen MR) is 173 cm³/mol. The van der Waals surface area contributed by atoms with Gasteiger partial charge in [-0.1, -0.05) is 23.2 Å². The van der Waals surface area contributed by atoms with Crippen LogP contribution in [-0.2, 0) is 16.1 Å². The summed E-state index contributed by atoms with van der Waals surface area (Å²) in [6, 6.07) is 13.3. The molecule has 2 saturated heterocycles. The fraction of sp³-hybridized carbons (Fsp3) is 0.438. The molecule has 5 rings (SSSR count). The molecule has 0 spiro atoms. The van der Waals surface area contributed by atoms with E-state index in [-0.39, 0.29) is 11.8 Å². The SMILES string of the molecule is CC(=O)NCC1CCN(Cc2cc(Oc3ccc(N4CCN(CCC(N)=O)CC4)nc3)nc(-c3cc(Cl)cc(Cl)c3)c2)CC1. The van der Waals surface area contributed by atoms with Gasteiger partial charge < -0.3 is 20.7 Å². The number of benzene rings is 1. The lowest BCUT2D eigenvalue weighted by Gasteiger charge is -2.35. The molecule has 0 radical (unpaired) electrons. The van der Waals surface area contributed by atoms with Crippen molar-refractivity contribution in [1.29, 1.82) is 0 Å². The molecule has 0 unspecified atom stereocenters. The van der Waals surface area contributed by atoms with E-state index in [1.165, 1.54) is 0 Å². The number of carbonyl (C=O) groups excluding carboxylic acids is 2. The Kier molecular flexibility index (Phi) is 10.9. The molecule has 44 heavy (non-hydrogen) atoms. The normalized spacial score (nSPS) is 16.6. The van der Waals surface area contributed by atoms with Crippen molar-refractivity contribution < 1.29 is 14.3 Å². The minimum Gasteiger partial charge on any atom is -0.437 e. The number of nitrogens with one attached hydrogen (secondary N) is 1. The number of primary amides is 1. The second kappa shape index (κ2) is 15.0. The second-order valence-corrected chi connectivity index (χ2v) is 12.4. The lowest BCUT2D eigenvalue weighted by atomic mass is 9.96. The molecule has 12 heteroatoms. The molecule has 0 aliphatic carbocycles. The van der Waals surface area contributed by atoms with Crippen LogP contribution in [0.2, 0.25) is 10.0 Å². The van der Waals surface area contributed by atoms with Gasteiger partial charge in [0.1, 0.15) is 11.6 Å². The van der Waals surface area contributed by atoms with E-state index < -0.39 is 0 Å². The molecule has 10 nitrogen and oxygen atoms in total. The number of likely N-dealkylation sites (tertiary alicyclic amines) is 1. The minimum atomic E-state index is -0.270. The summed E-state index contributed by atoms with van der Waals surface area (Å²) in [5.41, 5.74) is 7.90. The summed E-state index contributed by atoms with van der Waals surface area (Å²) in [6.45, 7) is 8.99. The van der Waals surface area contributed by atoms with Crippen molar-refractivity contribution in [2.24, 2.45) is 11.7 Å². The van der Waals surface area contributed by atoms with Gasteiger partial charge in [-0.2, -0.15) is 0 Å². The van der Waals surface area contributed by atoms with Gasteiger partial charge in [0.2, 0.25) is 17.7 Å². The van der Waals surface area contributed by atoms with E-state index in [1.807, 2.05) is 30.3 Å². The lowest BCUT2D eigenvalue weighted by Crippen LogP contribution is -2.47. The van der Waals surface area contributed by atoms with Crippen LogP contribution in [-0.4, -0.2) is 83.9 Å². The van der Waals surface area contributed by atoms with Gasteiger partial charge in [-0.05, 0) is 73.8 Å². The molecule has 2 amide bonds. The Hall–Kier alpha value is -3.44. The number of hydrogen-bond donors (Lipinski definition) is 2. The van der Waals surface area contributed by atoms with Crippen LogP contribution < -0.4 is 20.7 Å². The predicted octanol–water partition coefficient (Wildman–Crippen LogP) is 4.59. The highest BCUT2D eigenvalue weighted by Crippen LogP contribution is 2.31. The highest BCUT2D eigenvalue weighted by atomic mass is 35.5. The van der Waals surface area contributed by atoms with Crippen molar-refractivity contribution in [3.05, 3.63) is 64.3 Å². The van der Waals surface area contributed by atoms with E-state index in [0.29, 0.717) is 40.6 Å². The van der Waals surface area contributed by atoms with Crippen LogP contribution in [0, 0.1) is 5.92 Å². The van der Waals surface area contributed by atoms with Crippen molar-refractivity contribution in [2.75, 3.05) is 57.3 Å². The average Bonchev–Trinajstić information content (AvgIpc) is 3.00. The number of nitrogens with two attached hydrogens (primary N) is 1. The molecule has 234 valence electrons. The Morgan fingerprint density at radius 2 is 1.70 bits per heavy atom. The number of amides is 2. The van der Waals surface area contributed by atoms with Gasteiger partial charge in [-0.3, -0.25) is 19.4 Å². The zero-order valence-electron chi connectivity index (χ0n) is 25.0. The molecular formula is C32H39Cl2N7O3. The number of ether oxygens (including phenoxy) is 1. The van der Waals surface area contributed by atoms with E-state index in [0.717, 1.165) is 87.8 Å². The molecular weight excluding hydrogens is 601 g/mol. The largest absolute Gasteiger partial charge is 0.437 e. The molecule has 0 saturated carbocycles. The molecule has 2 aliphatic rings. The van der Waals surface area contributed by atoms with Gasteiger partial charge in [0.25, 0.3) is 0 Å². The molecule has 0 bridgehead atoms. The minimum absolute atomic E-state index is 0.0202. The van der Waals surface area contributed by atoms with Gasteiger partial charge >= 0.3 is 0 Å². The average molecular weight is 641 g/mol. The van der Waals surface area contributed by atoms with Gasteiger partial charge in [-0.15, -0.1) is 0 Å². The summed E-state index contributed by atoms with van der Waals surface area (Å²) in [5, 5.41) is 4.03. The van der Waals surface area contributed by atoms with Crippen LogP contribution in [0.1, 0.15) is 31.7 Å². The monoisotopic (exact) mass is 639 g/mol. The van der Waals surface area contributed by atoms with E-state index in [2.05, 4.69) is 31.1 Å². The van der Waals surface area contributed by atoms with Crippen LogP contribution in [0.4, 0.5) is 5.82 Å². The Morgan fingerprint density at radius 1 is 0.977 bits per heavy atom. The molecule has 3 N–H and O–H groups in total. The Morgan fingerprint density at radius 3 is 2.34 bits per heavy atom. The molecule has 1 aromatic carbocycles. The smallest absolute Gasteiger partial charge is 0.220 e. The third-order valence-electron chi connectivity index (χ3n) is 8.09. The number of anilines is 1. The summed E-state index contributed by atoms with van der Waals surface area (Å²) in [7, 11) is 0. The second-order valence-electron chi connectivity index (χ2n) is 11.5. The zero-order chi connectivity index (χ0) is 31.1. The van der Waals surface area contributed by atoms with E-state index in [9.17, 15) is 9.59 Å². The number of rotatable bonds is 11. The highest BCUT2D eigenvalue weighted by molar-refractivity contribution is 6.35. The topological polar surface area (TPSA) is 117 Å². The third kappa shape index (κ3) is 9.28. The Bertz CT molecular complexity index is 1420. The molecule has 3 aromatic rings. The number of hydrogen-bond acceptors (Lipinski definition) is 8. The molecule has 2 fully saturated rings. The first-order valence-electron chi connectivity index (χ1n) is 15.0. The van der Waals surface area contributed by atoms with Crippen LogP contribution in [0.5, 0.6) is 11.6 Å². The van der Waals surface area contributed by atoms with Crippen molar-refractivity contribution in [2.45, 2.75) is 32.7 Å². The van der Waals surface area contributed by atoms with E-state index >= 15 is 0 Å². The maximum atomic E-state index is 11.3. The first kappa shape index (κ1) is 32.0. The van der Waals surface area contributed by atoms with Crippen molar-refractivity contribution in [3.63, 3.8) is 0 Å².